The second-order valence-electron chi connectivity index (χ2n) is 6.11. The monoisotopic (exact) mass is 338 g/mol. The van der Waals surface area contributed by atoms with E-state index in [1.165, 1.54) is 0 Å². The summed E-state index contributed by atoms with van der Waals surface area (Å²) in [5.74, 6) is -1.09. The van der Waals surface area contributed by atoms with Crippen molar-refractivity contribution in [3.63, 3.8) is 0 Å². The van der Waals surface area contributed by atoms with Gasteiger partial charge >= 0.3 is 5.97 Å². The number of esters is 1. The highest BCUT2D eigenvalue weighted by molar-refractivity contribution is 5.89. The fourth-order valence-electron chi connectivity index (χ4n) is 2.75. The van der Waals surface area contributed by atoms with Crippen LogP contribution in [0.25, 0.3) is 6.08 Å². The summed E-state index contributed by atoms with van der Waals surface area (Å²) in [6.07, 6.45) is 3.82. The lowest BCUT2D eigenvalue weighted by atomic mass is 10.1. The first-order valence-corrected chi connectivity index (χ1v) is 8.42. The molecule has 0 spiro atoms. The van der Waals surface area contributed by atoms with Gasteiger partial charge in [0, 0.05) is 6.42 Å². The first-order valence-electron chi connectivity index (χ1n) is 8.42. The SMILES string of the molecule is CC1(C[C@H](/C=C/c2ccccc2)OC(=O)c2ccccc2)OCCO1. The van der Waals surface area contributed by atoms with Gasteiger partial charge < -0.3 is 14.2 Å². The fraction of sp³-hybridized carbons (Fsp3) is 0.286. The number of carbonyl (C=O) groups is 1. The van der Waals surface area contributed by atoms with E-state index in [9.17, 15) is 4.79 Å². The van der Waals surface area contributed by atoms with Crippen molar-refractivity contribution in [1.82, 2.24) is 0 Å². The van der Waals surface area contributed by atoms with E-state index in [1.807, 2.05) is 67.6 Å². The minimum Gasteiger partial charge on any atom is -0.454 e. The van der Waals surface area contributed by atoms with Crippen LogP contribution in [0.2, 0.25) is 0 Å². The van der Waals surface area contributed by atoms with Crippen LogP contribution in [-0.2, 0) is 14.2 Å². The largest absolute Gasteiger partial charge is 0.454 e. The minimum atomic E-state index is -0.733. The Morgan fingerprint density at radius 1 is 1.08 bits per heavy atom. The maximum atomic E-state index is 12.4. The number of hydrogen-bond donors (Lipinski definition) is 0. The quantitative estimate of drug-likeness (QED) is 0.745. The van der Waals surface area contributed by atoms with Gasteiger partial charge in [-0.25, -0.2) is 4.79 Å². The summed E-state index contributed by atoms with van der Waals surface area (Å²) in [5.41, 5.74) is 1.57. The van der Waals surface area contributed by atoms with Gasteiger partial charge in [-0.3, -0.25) is 0 Å². The van der Waals surface area contributed by atoms with Gasteiger partial charge in [-0.2, -0.15) is 0 Å². The molecular weight excluding hydrogens is 316 g/mol. The van der Waals surface area contributed by atoms with E-state index in [0.29, 0.717) is 25.2 Å². The Morgan fingerprint density at radius 2 is 1.68 bits per heavy atom. The van der Waals surface area contributed by atoms with E-state index < -0.39 is 11.9 Å². The van der Waals surface area contributed by atoms with Crippen LogP contribution in [0.3, 0.4) is 0 Å². The summed E-state index contributed by atoms with van der Waals surface area (Å²) in [4.78, 5) is 12.4. The fourth-order valence-corrected chi connectivity index (χ4v) is 2.75. The Morgan fingerprint density at radius 3 is 2.32 bits per heavy atom. The molecule has 1 aliphatic heterocycles. The Hall–Kier alpha value is -2.43. The Bertz CT molecular complexity index is 703. The lowest BCUT2D eigenvalue weighted by molar-refractivity contribution is -0.158. The molecule has 1 heterocycles. The molecule has 4 heteroatoms. The first-order chi connectivity index (χ1) is 12.1. The van der Waals surface area contributed by atoms with Crippen LogP contribution in [0.4, 0.5) is 0 Å². The predicted molar refractivity (Wildman–Crippen MR) is 96.0 cm³/mol. The summed E-state index contributed by atoms with van der Waals surface area (Å²) in [6, 6.07) is 18.9. The number of carbonyl (C=O) groups excluding carboxylic acids is 1. The molecule has 0 saturated carbocycles. The van der Waals surface area contributed by atoms with Crippen molar-refractivity contribution in [3.05, 3.63) is 77.9 Å². The molecule has 1 fully saturated rings. The van der Waals surface area contributed by atoms with E-state index in [0.717, 1.165) is 5.56 Å². The standard InChI is InChI=1S/C21H22O4/c1-21(23-14-15-24-21)16-19(13-12-17-8-4-2-5-9-17)25-20(22)18-10-6-3-7-11-18/h2-13,19H,14-16H2,1H3/b13-12+/t19-/m0/s1. The Labute approximate surface area is 148 Å². The normalized spacial score (nSPS) is 17.5. The molecule has 1 saturated heterocycles. The number of rotatable bonds is 6. The van der Waals surface area contributed by atoms with E-state index >= 15 is 0 Å². The van der Waals surface area contributed by atoms with E-state index in [2.05, 4.69) is 0 Å². The van der Waals surface area contributed by atoms with Gasteiger partial charge in [0.05, 0.1) is 18.8 Å². The Kier molecular flexibility index (Phi) is 5.64. The average Bonchev–Trinajstić information content (AvgIpc) is 3.07. The van der Waals surface area contributed by atoms with Crippen molar-refractivity contribution in [3.8, 4) is 0 Å². The molecule has 0 radical (unpaired) electrons. The van der Waals surface area contributed by atoms with Gasteiger partial charge in [-0.05, 0) is 30.7 Å². The smallest absolute Gasteiger partial charge is 0.338 e. The van der Waals surface area contributed by atoms with Crippen LogP contribution in [0.5, 0.6) is 0 Å². The lowest BCUT2D eigenvalue weighted by Crippen LogP contribution is -2.32. The second-order valence-corrected chi connectivity index (χ2v) is 6.11. The maximum absolute atomic E-state index is 12.4. The minimum absolute atomic E-state index is 0.357. The lowest BCUT2D eigenvalue weighted by Gasteiger charge is -2.26. The molecule has 0 aliphatic carbocycles. The molecule has 2 aromatic carbocycles. The summed E-state index contributed by atoms with van der Waals surface area (Å²) < 4.78 is 17.0. The molecule has 0 bridgehead atoms. The number of benzene rings is 2. The number of hydrogen-bond acceptors (Lipinski definition) is 4. The van der Waals surface area contributed by atoms with Crippen molar-refractivity contribution in [2.75, 3.05) is 13.2 Å². The highest BCUT2D eigenvalue weighted by atomic mass is 16.7. The zero-order valence-electron chi connectivity index (χ0n) is 14.3. The van der Waals surface area contributed by atoms with Crippen molar-refractivity contribution < 1.29 is 19.0 Å². The van der Waals surface area contributed by atoms with Crippen molar-refractivity contribution >= 4 is 12.0 Å². The van der Waals surface area contributed by atoms with Crippen molar-refractivity contribution in [2.24, 2.45) is 0 Å². The summed E-state index contributed by atoms with van der Waals surface area (Å²) in [5, 5.41) is 0. The van der Waals surface area contributed by atoms with Crippen LogP contribution < -0.4 is 0 Å². The molecule has 2 aromatic rings. The van der Waals surface area contributed by atoms with Crippen molar-refractivity contribution in [2.45, 2.75) is 25.2 Å². The molecule has 4 nitrogen and oxygen atoms in total. The Balaban J connectivity index is 1.74. The highest BCUT2D eigenvalue weighted by Crippen LogP contribution is 2.26. The van der Waals surface area contributed by atoms with Gasteiger partial charge in [-0.1, -0.05) is 54.6 Å². The topological polar surface area (TPSA) is 44.8 Å². The third-order valence-electron chi connectivity index (χ3n) is 4.04. The molecule has 1 aliphatic rings. The maximum Gasteiger partial charge on any atom is 0.338 e. The number of ether oxygens (including phenoxy) is 3. The molecule has 0 unspecified atom stereocenters. The molecule has 25 heavy (non-hydrogen) atoms. The molecule has 3 rings (SSSR count). The molecular formula is C21H22O4. The van der Waals surface area contributed by atoms with Crippen LogP contribution in [0.1, 0.15) is 29.3 Å². The first kappa shape index (κ1) is 17.4. The van der Waals surface area contributed by atoms with Crippen LogP contribution in [0, 0.1) is 0 Å². The summed E-state index contributed by atoms with van der Waals surface area (Å²) >= 11 is 0. The second kappa shape index (κ2) is 8.10. The van der Waals surface area contributed by atoms with Crippen LogP contribution >= 0.6 is 0 Å². The van der Waals surface area contributed by atoms with Crippen LogP contribution in [0.15, 0.2) is 66.7 Å². The zero-order chi connectivity index (χ0) is 17.5. The zero-order valence-corrected chi connectivity index (χ0v) is 14.3. The van der Waals surface area contributed by atoms with E-state index in [1.54, 1.807) is 12.1 Å². The third-order valence-corrected chi connectivity index (χ3v) is 4.04. The summed E-state index contributed by atoms with van der Waals surface area (Å²) in [6.45, 7) is 2.98. The molecule has 0 N–H and O–H groups in total. The van der Waals surface area contributed by atoms with Crippen LogP contribution in [-0.4, -0.2) is 31.1 Å². The third kappa shape index (κ3) is 5.02. The molecule has 0 amide bonds. The van der Waals surface area contributed by atoms with Gasteiger partial charge in [0.15, 0.2) is 5.79 Å². The molecule has 1 atom stereocenters. The van der Waals surface area contributed by atoms with E-state index in [-0.39, 0.29) is 5.97 Å². The van der Waals surface area contributed by atoms with Crippen molar-refractivity contribution in [1.29, 1.82) is 0 Å². The van der Waals surface area contributed by atoms with Gasteiger partial charge in [0.1, 0.15) is 6.10 Å². The van der Waals surface area contributed by atoms with Gasteiger partial charge in [0.2, 0.25) is 0 Å². The summed E-state index contributed by atoms with van der Waals surface area (Å²) in [7, 11) is 0. The van der Waals surface area contributed by atoms with Gasteiger partial charge in [-0.15, -0.1) is 0 Å². The van der Waals surface area contributed by atoms with Gasteiger partial charge in [0.25, 0.3) is 0 Å². The predicted octanol–water partition coefficient (Wildman–Crippen LogP) is 4.08. The highest BCUT2D eigenvalue weighted by Gasteiger charge is 2.34. The average molecular weight is 338 g/mol. The van der Waals surface area contributed by atoms with E-state index in [4.69, 9.17) is 14.2 Å². The molecule has 130 valence electrons. The molecule has 0 aromatic heterocycles.